The Morgan fingerprint density at radius 1 is 1.03 bits per heavy atom. The molecule has 2 aromatic heterocycles. The summed E-state index contributed by atoms with van der Waals surface area (Å²) in [6.07, 6.45) is 0. The van der Waals surface area contributed by atoms with E-state index in [0.717, 1.165) is 4.57 Å². The van der Waals surface area contributed by atoms with E-state index in [1.54, 1.807) is 42.5 Å². The number of hydrogen-bond donors (Lipinski definition) is 0. The second kappa shape index (κ2) is 7.21. The van der Waals surface area contributed by atoms with Crippen molar-refractivity contribution in [3.05, 3.63) is 85.8 Å². The molecule has 7 nitrogen and oxygen atoms in total. The molecule has 4 aromatic rings. The fourth-order valence-electron chi connectivity index (χ4n) is 3.06. The summed E-state index contributed by atoms with van der Waals surface area (Å²) in [7, 11) is 2.89. The Balaban J connectivity index is 1.96. The highest BCUT2D eigenvalue weighted by Crippen LogP contribution is 2.26. The maximum absolute atomic E-state index is 14.3. The van der Waals surface area contributed by atoms with Crippen LogP contribution in [0.15, 0.2) is 58.1 Å². The third kappa shape index (κ3) is 3.31. The van der Waals surface area contributed by atoms with Crippen molar-refractivity contribution in [1.29, 1.82) is 0 Å². The van der Waals surface area contributed by atoms with Gasteiger partial charge in [-0.1, -0.05) is 29.8 Å². The number of hydrogen-bond acceptors (Lipinski definition) is 4. The molecule has 0 radical (unpaired) electrons. The average Bonchev–Trinajstić information content (AvgIpc) is 3.06. The van der Waals surface area contributed by atoms with Gasteiger partial charge in [0.05, 0.1) is 6.54 Å². The highest BCUT2D eigenvalue weighted by atomic mass is 35.5. The Labute approximate surface area is 169 Å². The van der Waals surface area contributed by atoms with Crippen LogP contribution in [-0.2, 0) is 20.6 Å². The number of aryl methyl sites for hydroxylation is 1. The molecule has 4 rings (SSSR count). The normalized spacial score (nSPS) is 11.2. The SMILES string of the molecule is Cn1c(=O)c2c(nc(Oc3ccc(Cl)cc3)n2Cc2ccccc2F)n(C)c1=O. The van der Waals surface area contributed by atoms with Gasteiger partial charge in [-0.3, -0.25) is 18.5 Å². The molecule has 0 spiro atoms. The topological polar surface area (TPSA) is 71.1 Å². The average molecular weight is 415 g/mol. The van der Waals surface area contributed by atoms with Crippen LogP contribution in [0.4, 0.5) is 4.39 Å². The minimum atomic E-state index is -0.544. The minimum absolute atomic E-state index is 0.000456. The maximum Gasteiger partial charge on any atom is 0.332 e. The summed E-state index contributed by atoms with van der Waals surface area (Å²) in [5, 5.41) is 0.536. The van der Waals surface area contributed by atoms with Crippen molar-refractivity contribution in [3.8, 4) is 11.8 Å². The van der Waals surface area contributed by atoms with Crippen LogP contribution in [0.5, 0.6) is 11.8 Å². The maximum atomic E-state index is 14.3. The molecule has 2 heterocycles. The quantitative estimate of drug-likeness (QED) is 0.514. The first-order valence-corrected chi connectivity index (χ1v) is 9.07. The predicted molar refractivity (Wildman–Crippen MR) is 107 cm³/mol. The summed E-state index contributed by atoms with van der Waals surface area (Å²) in [5.74, 6) is 0.00903. The molecule has 0 N–H and O–H groups in total. The lowest BCUT2D eigenvalue weighted by Gasteiger charge is -2.11. The Hall–Kier alpha value is -3.39. The first kappa shape index (κ1) is 18.9. The lowest BCUT2D eigenvalue weighted by molar-refractivity contribution is 0.419. The third-order valence-corrected chi connectivity index (χ3v) is 4.87. The van der Waals surface area contributed by atoms with E-state index in [1.165, 1.54) is 29.3 Å². The summed E-state index contributed by atoms with van der Waals surface area (Å²) in [6, 6.07) is 12.9. The summed E-state index contributed by atoms with van der Waals surface area (Å²) in [5.41, 5.74) is -0.419. The second-order valence-corrected chi connectivity index (χ2v) is 6.94. The predicted octanol–water partition coefficient (Wildman–Crippen LogP) is 3.07. The van der Waals surface area contributed by atoms with Gasteiger partial charge in [0, 0.05) is 24.7 Å². The van der Waals surface area contributed by atoms with Gasteiger partial charge in [-0.2, -0.15) is 4.98 Å². The lowest BCUT2D eigenvalue weighted by atomic mass is 10.2. The number of nitrogens with zero attached hydrogens (tertiary/aromatic N) is 4. The molecule has 9 heteroatoms. The van der Waals surface area contributed by atoms with Gasteiger partial charge in [0.1, 0.15) is 11.6 Å². The van der Waals surface area contributed by atoms with Crippen LogP contribution >= 0.6 is 11.6 Å². The minimum Gasteiger partial charge on any atom is -0.425 e. The number of benzene rings is 2. The van der Waals surface area contributed by atoms with Gasteiger partial charge in [0.25, 0.3) is 5.56 Å². The van der Waals surface area contributed by atoms with E-state index in [4.69, 9.17) is 16.3 Å². The Morgan fingerprint density at radius 3 is 2.41 bits per heavy atom. The fraction of sp³-hybridized carbons (Fsp3) is 0.150. The van der Waals surface area contributed by atoms with Gasteiger partial charge in [-0.05, 0) is 30.3 Å². The van der Waals surface area contributed by atoms with E-state index in [2.05, 4.69) is 4.98 Å². The van der Waals surface area contributed by atoms with Gasteiger partial charge in [0.2, 0.25) is 0 Å². The van der Waals surface area contributed by atoms with Crippen LogP contribution in [0.1, 0.15) is 5.56 Å². The van der Waals surface area contributed by atoms with Crippen LogP contribution in [0.2, 0.25) is 5.02 Å². The van der Waals surface area contributed by atoms with Crippen molar-refractivity contribution in [2.75, 3.05) is 0 Å². The van der Waals surface area contributed by atoms with Crippen LogP contribution < -0.4 is 16.0 Å². The molecular weight excluding hydrogens is 399 g/mol. The first-order valence-electron chi connectivity index (χ1n) is 8.70. The Kier molecular flexibility index (Phi) is 4.71. The van der Waals surface area contributed by atoms with Gasteiger partial charge in [0.15, 0.2) is 11.2 Å². The molecule has 148 valence electrons. The Morgan fingerprint density at radius 2 is 1.72 bits per heavy atom. The van der Waals surface area contributed by atoms with Crippen LogP contribution in [0.25, 0.3) is 11.2 Å². The number of ether oxygens (including phenoxy) is 1. The molecule has 0 amide bonds. The molecule has 0 aliphatic heterocycles. The van der Waals surface area contributed by atoms with Crippen molar-refractivity contribution >= 4 is 22.8 Å². The molecule has 29 heavy (non-hydrogen) atoms. The van der Waals surface area contributed by atoms with E-state index >= 15 is 0 Å². The van der Waals surface area contributed by atoms with Crippen LogP contribution in [-0.4, -0.2) is 18.7 Å². The molecular formula is C20H16ClFN4O3. The van der Waals surface area contributed by atoms with Crippen molar-refractivity contribution in [2.45, 2.75) is 6.54 Å². The van der Waals surface area contributed by atoms with E-state index < -0.39 is 17.1 Å². The van der Waals surface area contributed by atoms with Gasteiger partial charge >= 0.3 is 11.7 Å². The number of aromatic nitrogens is 4. The largest absolute Gasteiger partial charge is 0.425 e. The first-order chi connectivity index (χ1) is 13.9. The number of fused-ring (bicyclic) bond motifs is 1. The van der Waals surface area contributed by atoms with Crippen LogP contribution in [0.3, 0.4) is 0 Å². The van der Waals surface area contributed by atoms with Gasteiger partial charge in [-0.25, -0.2) is 9.18 Å². The summed E-state index contributed by atoms with van der Waals surface area (Å²) in [6.45, 7) is -0.000456. The fourth-order valence-corrected chi connectivity index (χ4v) is 3.18. The molecule has 0 aliphatic carbocycles. The smallest absolute Gasteiger partial charge is 0.332 e. The zero-order valence-corrected chi connectivity index (χ0v) is 16.4. The number of rotatable bonds is 4. The Bertz CT molecular complexity index is 1340. The molecule has 0 fully saturated rings. The molecule has 0 unspecified atom stereocenters. The number of imidazole rings is 1. The van der Waals surface area contributed by atoms with Gasteiger partial charge in [-0.15, -0.1) is 0 Å². The van der Waals surface area contributed by atoms with E-state index in [-0.39, 0.29) is 23.7 Å². The van der Waals surface area contributed by atoms with Crippen molar-refractivity contribution in [3.63, 3.8) is 0 Å². The zero-order chi connectivity index (χ0) is 20.7. The van der Waals surface area contributed by atoms with E-state index in [0.29, 0.717) is 16.3 Å². The number of halogens is 2. The molecule has 0 aliphatic rings. The zero-order valence-electron chi connectivity index (χ0n) is 15.6. The summed E-state index contributed by atoms with van der Waals surface area (Å²) >= 11 is 5.91. The van der Waals surface area contributed by atoms with Crippen molar-refractivity contribution in [2.24, 2.45) is 14.1 Å². The third-order valence-electron chi connectivity index (χ3n) is 4.62. The van der Waals surface area contributed by atoms with Gasteiger partial charge < -0.3 is 4.74 Å². The second-order valence-electron chi connectivity index (χ2n) is 6.51. The molecule has 0 atom stereocenters. The molecule has 0 bridgehead atoms. The van der Waals surface area contributed by atoms with Crippen molar-refractivity contribution in [1.82, 2.24) is 18.7 Å². The van der Waals surface area contributed by atoms with E-state index in [9.17, 15) is 14.0 Å². The monoisotopic (exact) mass is 414 g/mol. The summed E-state index contributed by atoms with van der Waals surface area (Å²) in [4.78, 5) is 29.5. The molecule has 0 saturated carbocycles. The van der Waals surface area contributed by atoms with Crippen LogP contribution in [0, 0.1) is 5.82 Å². The highest BCUT2D eigenvalue weighted by Gasteiger charge is 2.21. The molecule has 2 aromatic carbocycles. The molecule has 0 saturated heterocycles. The van der Waals surface area contributed by atoms with Crippen molar-refractivity contribution < 1.29 is 9.13 Å². The summed E-state index contributed by atoms with van der Waals surface area (Å²) < 4.78 is 23.8. The lowest BCUT2D eigenvalue weighted by Crippen LogP contribution is -2.37. The highest BCUT2D eigenvalue weighted by molar-refractivity contribution is 6.30. The van der Waals surface area contributed by atoms with E-state index in [1.807, 2.05) is 0 Å². The standard InChI is InChI=1S/C20H16ClFN4O3/c1-24-17-16(18(27)25(2)20(24)28)26(11-12-5-3-4-6-15(12)22)19(23-17)29-14-9-7-13(21)8-10-14/h3-10H,11H2,1-2H3.